The first kappa shape index (κ1) is 13.8. The molecule has 0 atom stereocenters. The number of furan rings is 1. The SMILES string of the molecule is Cc1ccc(CCN(C)C(=O)c2cccc(C#N)n2)o1. The maximum absolute atomic E-state index is 12.2. The van der Waals surface area contributed by atoms with Crippen LogP contribution in [0.15, 0.2) is 34.7 Å². The molecule has 0 saturated carbocycles. The zero-order valence-corrected chi connectivity index (χ0v) is 11.5. The third-order valence-corrected chi connectivity index (χ3v) is 2.92. The van der Waals surface area contributed by atoms with Crippen molar-refractivity contribution in [3.8, 4) is 6.07 Å². The molecular formula is C15H15N3O2. The highest BCUT2D eigenvalue weighted by Gasteiger charge is 2.14. The molecule has 0 radical (unpaired) electrons. The van der Waals surface area contributed by atoms with E-state index < -0.39 is 0 Å². The monoisotopic (exact) mass is 269 g/mol. The van der Waals surface area contributed by atoms with Crippen LogP contribution >= 0.6 is 0 Å². The maximum Gasteiger partial charge on any atom is 0.272 e. The number of nitrogens with zero attached hydrogens (tertiary/aromatic N) is 3. The van der Waals surface area contributed by atoms with Crippen molar-refractivity contribution in [3.63, 3.8) is 0 Å². The van der Waals surface area contributed by atoms with Crippen molar-refractivity contribution in [2.75, 3.05) is 13.6 Å². The smallest absolute Gasteiger partial charge is 0.272 e. The second-order valence-corrected chi connectivity index (χ2v) is 4.51. The largest absolute Gasteiger partial charge is 0.466 e. The maximum atomic E-state index is 12.2. The zero-order valence-electron chi connectivity index (χ0n) is 11.5. The number of likely N-dealkylation sites (N-methyl/N-ethyl adjacent to an activating group) is 1. The summed E-state index contributed by atoms with van der Waals surface area (Å²) in [7, 11) is 1.71. The van der Waals surface area contributed by atoms with Crippen LogP contribution < -0.4 is 0 Å². The topological polar surface area (TPSA) is 70.1 Å². The number of nitriles is 1. The third-order valence-electron chi connectivity index (χ3n) is 2.92. The van der Waals surface area contributed by atoms with Crippen LogP contribution in [0, 0.1) is 18.3 Å². The van der Waals surface area contributed by atoms with Crippen LogP contribution in [0.25, 0.3) is 0 Å². The number of carbonyl (C=O) groups is 1. The van der Waals surface area contributed by atoms with Gasteiger partial charge in [-0.25, -0.2) is 4.98 Å². The van der Waals surface area contributed by atoms with Crippen LogP contribution in [-0.4, -0.2) is 29.4 Å². The lowest BCUT2D eigenvalue weighted by atomic mass is 10.2. The van der Waals surface area contributed by atoms with Crippen molar-refractivity contribution < 1.29 is 9.21 Å². The average Bonchev–Trinajstić information content (AvgIpc) is 2.89. The lowest BCUT2D eigenvalue weighted by molar-refractivity contribution is 0.0789. The summed E-state index contributed by atoms with van der Waals surface area (Å²) < 4.78 is 5.46. The zero-order chi connectivity index (χ0) is 14.5. The second-order valence-electron chi connectivity index (χ2n) is 4.51. The Morgan fingerprint density at radius 3 is 2.85 bits per heavy atom. The van der Waals surface area contributed by atoms with Gasteiger partial charge in [-0.15, -0.1) is 0 Å². The number of aromatic nitrogens is 1. The molecule has 0 N–H and O–H groups in total. The number of rotatable bonds is 4. The van der Waals surface area contributed by atoms with Crippen molar-refractivity contribution in [2.24, 2.45) is 0 Å². The van der Waals surface area contributed by atoms with Crippen LogP contribution in [0.2, 0.25) is 0 Å². The van der Waals surface area contributed by atoms with Crippen molar-refractivity contribution in [1.82, 2.24) is 9.88 Å². The minimum absolute atomic E-state index is 0.203. The summed E-state index contributed by atoms with van der Waals surface area (Å²) in [6, 6.07) is 10.6. The van der Waals surface area contributed by atoms with Crippen LogP contribution in [-0.2, 0) is 6.42 Å². The lowest BCUT2D eigenvalue weighted by Crippen LogP contribution is -2.29. The first-order valence-corrected chi connectivity index (χ1v) is 6.28. The molecule has 0 aromatic carbocycles. The Kier molecular flexibility index (Phi) is 4.16. The van der Waals surface area contributed by atoms with Crippen LogP contribution in [0.5, 0.6) is 0 Å². The van der Waals surface area contributed by atoms with Gasteiger partial charge >= 0.3 is 0 Å². The fourth-order valence-electron chi connectivity index (χ4n) is 1.81. The number of hydrogen-bond acceptors (Lipinski definition) is 4. The molecule has 0 aliphatic carbocycles. The van der Waals surface area contributed by atoms with E-state index in [9.17, 15) is 4.79 Å². The molecule has 0 aliphatic heterocycles. The van der Waals surface area contributed by atoms with Crippen LogP contribution in [0.4, 0.5) is 0 Å². The number of hydrogen-bond donors (Lipinski definition) is 0. The van der Waals surface area contributed by atoms with Crippen LogP contribution in [0.3, 0.4) is 0 Å². The summed E-state index contributed by atoms with van der Waals surface area (Å²) in [4.78, 5) is 17.7. The van der Waals surface area contributed by atoms with E-state index in [1.807, 2.05) is 25.1 Å². The predicted octanol–water partition coefficient (Wildman–Crippen LogP) is 2.17. The number of amides is 1. The molecule has 0 spiro atoms. The van der Waals surface area contributed by atoms with E-state index in [1.165, 1.54) is 0 Å². The van der Waals surface area contributed by atoms with Crippen molar-refractivity contribution in [2.45, 2.75) is 13.3 Å². The van der Waals surface area contributed by atoms with E-state index in [4.69, 9.17) is 9.68 Å². The summed E-state index contributed by atoms with van der Waals surface area (Å²) in [5.41, 5.74) is 0.521. The lowest BCUT2D eigenvalue weighted by Gasteiger charge is -2.15. The minimum atomic E-state index is -0.203. The molecule has 5 nitrogen and oxygen atoms in total. The first-order chi connectivity index (χ1) is 9.60. The minimum Gasteiger partial charge on any atom is -0.466 e. The Balaban J connectivity index is 1.99. The van der Waals surface area contributed by atoms with Gasteiger partial charge in [-0.2, -0.15) is 5.26 Å². The molecule has 0 bridgehead atoms. The summed E-state index contributed by atoms with van der Waals surface area (Å²) in [5, 5.41) is 8.79. The molecule has 102 valence electrons. The summed E-state index contributed by atoms with van der Waals surface area (Å²) in [6.07, 6.45) is 0.647. The van der Waals surface area contributed by atoms with E-state index in [2.05, 4.69) is 4.98 Å². The molecular weight excluding hydrogens is 254 g/mol. The number of pyridine rings is 1. The normalized spacial score (nSPS) is 10.1. The molecule has 0 aliphatic rings. The molecule has 0 saturated heterocycles. The summed E-state index contributed by atoms with van der Waals surface area (Å²) in [5.74, 6) is 1.50. The molecule has 0 fully saturated rings. The van der Waals surface area contributed by atoms with Gasteiger partial charge in [0.15, 0.2) is 0 Å². The molecule has 20 heavy (non-hydrogen) atoms. The average molecular weight is 269 g/mol. The summed E-state index contributed by atoms with van der Waals surface area (Å²) in [6.45, 7) is 2.42. The van der Waals surface area contributed by atoms with Gasteiger partial charge in [0.1, 0.15) is 29.0 Å². The molecule has 1 amide bonds. The van der Waals surface area contributed by atoms with Crippen molar-refractivity contribution in [3.05, 3.63) is 53.2 Å². The Bertz CT molecular complexity index is 655. The quantitative estimate of drug-likeness (QED) is 0.852. The second kappa shape index (κ2) is 6.02. The van der Waals surface area contributed by atoms with Gasteiger partial charge in [0.05, 0.1) is 0 Å². The van der Waals surface area contributed by atoms with Crippen molar-refractivity contribution in [1.29, 1.82) is 5.26 Å². The number of carbonyl (C=O) groups excluding carboxylic acids is 1. The highest BCUT2D eigenvalue weighted by molar-refractivity contribution is 5.92. The fourth-order valence-corrected chi connectivity index (χ4v) is 1.81. The van der Waals surface area contributed by atoms with E-state index in [0.717, 1.165) is 11.5 Å². The Morgan fingerprint density at radius 2 is 2.20 bits per heavy atom. The Hall–Kier alpha value is -2.61. The first-order valence-electron chi connectivity index (χ1n) is 6.28. The van der Waals surface area contributed by atoms with Crippen molar-refractivity contribution >= 4 is 5.91 Å². The van der Waals surface area contributed by atoms with Gasteiger partial charge in [-0.3, -0.25) is 4.79 Å². The fraction of sp³-hybridized carbons (Fsp3) is 0.267. The van der Waals surface area contributed by atoms with Gasteiger partial charge in [0.25, 0.3) is 5.91 Å². The van der Waals surface area contributed by atoms with Gasteiger partial charge < -0.3 is 9.32 Å². The van der Waals surface area contributed by atoms with Gasteiger partial charge in [0, 0.05) is 20.0 Å². The van der Waals surface area contributed by atoms with E-state index in [1.54, 1.807) is 30.1 Å². The molecule has 2 aromatic heterocycles. The Morgan fingerprint density at radius 1 is 1.40 bits per heavy atom. The van der Waals surface area contributed by atoms with E-state index in [-0.39, 0.29) is 17.3 Å². The van der Waals surface area contributed by atoms with Gasteiger partial charge in [-0.05, 0) is 31.2 Å². The van der Waals surface area contributed by atoms with Crippen LogP contribution in [0.1, 0.15) is 27.7 Å². The number of aryl methyl sites for hydroxylation is 1. The summed E-state index contributed by atoms with van der Waals surface area (Å²) >= 11 is 0. The standard InChI is InChI=1S/C15H15N3O2/c1-11-6-7-13(20-11)8-9-18(2)15(19)14-5-3-4-12(10-16)17-14/h3-7H,8-9H2,1-2H3. The molecule has 0 unspecified atom stereocenters. The van der Waals surface area contributed by atoms with E-state index in [0.29, 0.717) is 13.0 Å². The van der Waals surface area contributed by atoms with Gasteiger partial charge in [0.2, 0.25) is 0 Å². The third kappa shape index (κ3) is 3.23. The highest BCUT2D eigenvalue weighted by Crippen LogP contribution is 2.08. The van der Waals surface area contributed by atoms with Gasteiger partial charge in [-0.1, -0.05) is 6.07 Å². The molecule has 5 heteroatoms. The Labute approximate surface area is 117 Å². The van der Waals surface area contributed by atoms with E-state index >= 15 is 0 Å². The highest BCUT2D eigenvalue weighted by atomic mass is 16.3. The molecule has 2 aromatic rings. The molecule has 2 rings (SSSR count). The predicted molar refractivity (Wildman–Crippen MR) is 73.1 cm³/mol. The molecule has 2 heterocycles.